The second-order valence-electron chi connectivity index (χ2n) is 9.32. The summed E-state index contributed by atoms with van der Waals surface area (Å²) in [5.74, 6) is -0.807. The smallest absolute Gasteiger partial charge is 0.342 e. The molecule has 34 heavy (non-hydrogen) atoms. The van der Waals surface area contributed by atoms with Crippen molar-refractivity contribution in [1.29, 1.82) is 0 Å². The predicted molar refractivity (Wildman–Crippen MR) is 124 cm³/mol. The minimum Gasteiger partial charge on any atom is -0.467 e. The largest absolute Gasteiger partial charge is 0.467 e. The van der Waals surface area contributed by atoms with E-state index < -0.39 is 24.0 Å². The number of ether oxygens (including phenoxy) is 2. The van der Waals surface area contributed by atoms with E-state index in [1.807, 2.05) is 53.1 Å². The van der Waals surface area contributed by atoms with E-state index in [-0.39, 0.29) is 12.3 Å². The molecule has 168 valence electrons. The highest BCUT2D eigenvalue weighted by Gasteiger charge is 2.58. The number of aliphatic hydroxyl groups is 1. The van der Waals surface area contributed by atoms with Crippen LogP contribution < -0.4 is 5.32 Å². The Hall–Kier alpha value is -3.88. The number of benzene rings is 3. The fourth-order valence-corrected chi connectivity index (χ4v) is 6.52. The molecule has 0 radical (unpaired) electrons. The van der Waals surface area contributed by atoms with Gasteiger partial charge in [-0.15, -0.1) is 0 Å². The molecular formula is C26H19N3O5. The van der Waals surface area contributed by atoms with E-state index in [0.29, 0.717) is 12.1 Å². The van der Waals surface area contributed by atoms with Gasteiger partial charge in [-0.05, 0) is 17.7 Å². The molecule has 0 unspecified atom stereocenters. The van der Waals surface area contributed by atoms with Gasteiger partial charge in [0.25, 0.3) is 5.91 Å². The lowest BCUT2D eigenvalue weighted by Gasteiger charge is -2.28. The average Bonchev–Trinajstić information content (AvgIpc) is 3.55. The van der Waals surface area contributed by atoms with Gasteiger partial charge in [-0.3, -0.25) is 4.79 Å². The van der Waals surface area contributed by atoms with Crippen LogP contribution in [0.25, 0.3) is 43.6 Å². The third kappa shape index (κ3) is 1.84. The minimum atomic E-state index is -1.86. The molecule has 3 aromatic carbocycles. The number of carbonyl (C=O) groups excluding carboxylic acids is 2. The van der Waals surface area contributed by atoms with Crippen molar-refractivity contribution in [3.05, 3.63) is 59.7 Å². The molecule has 8 rings (SSSR count). The molecule has 1 fully saturated rings. The average molecular weight is 453 g/mol. The van der Waals surface area contributed by atoms with E-state index in [4.69, 9.17) is 9.47 Å². The Labute approximate surface area is 192 Å². The monoisotopic (exact) mass is 453 g/mol. The van der Waals surface area contributed by atoms with Gasteiger partial charge in [-0.25, -0.2) is 4.79 Å². The molecule has 8 heteroatoms. The molecule has 8 nitrogen and oxygen atoms in total. The Morgan fingerprint density at radius 2 is 1.71 bits per heavy atom. The maximum atomic E-state index is 13.2. The minimum absolute atomic E-state index is 0.0365. The van der Waals surface area contributed by atoms with Gasteiger partial charge in [0.05, 0.1) is 34.7 Å². The van der Waals surface area contributed by atoms with Crippen molar-refractivity contribution in [3.8, 4) is 0 Å². The number of hydrogen-bond acceptors (Lipinski definition) is 5. The molecule has 2 N–H and O–H groups in total. The number of carbonyl (C=O) groups is 2. The number of nitrogens with one attached hydrogen (secondary N) is 1. The summed E-state index contributed by atoms with van der Waals surface area (Å²) in [6, 6.07) is 15.8. The maximum Gasteiger partial charge on any atom is 0.342 e. The zero-order valence-electron chi connectivity index (χ0n) is 18.2. The fourth-order valence-electron chi connectivity index (χ4n) is 6.52. The standard InChI is InChI=1S/C26H19N3O5/c1-33-25(31)26(32)10-17-28-15-8-4-3-7-13(15)19-20-14(11-27-23(20)30)18-12-6-2-5-9-16(12)29(24(26)34-17)21(18)22(19)28/h2-9,17,24,32H,10-11H2,1H3,(H,27,30)/t17-,24+,26-/m0/s1. The summed E-state index contributed by atoms with van der Waals surface area (Å²) < 4.78 is 15.5. The number of para-hydroxylation sites is 2. The Morgan fingerprint density at radius 1 is 1.06 bits per heavy atom. The van der Waals surface area contributed by atoms with Gasteiger partial charge in [-0.2, -0.15) is 0 Å². The first-order valence-corrected chi connectivity index (χ1v) is 11.3. The van der Waals surface area contributed by atoms with Gasteiger partial charge < -0.3 is 29.0 Å². The third-order valence-corrected chi connectivity index (χ3v) is 7.79. The summed E-state index contributed by atoms with van der Waals surface area (Å²) in [5.41, 5.74) is 3.24. The summed E-state index contributed by atoms with van der Waals surface area (Å²) in [4.78, 5) is 26.1. The first-order chi connectivity index (χ1) is 16.5. The Morgan fingerprint density at radius 3 is 2.44 bits per heavy atom. The lowest BCUT2D eigenvalue weighted by Crippen LogP contribution is -2.44. The fraction of sp³-hybridized carbons (Fsp3) is 0.231. The van der Waals surface area contributed by atoms with Gasteiger partial charge in [0, 0.05) is 34.5 Å². The maximum absolute atomic E-state index is 13.2. The molecule has 1 saturated heterocycles. The summed E-state index contributed by atoms with van der Waals surface area (Å²) >= 11 is 0. The molecule has 2 bridgehead atoms. The first-order valence-electron chi connectivity index (χ1n) is 11.3. The zero-order chi connectivity index (χ0) is 22.9. The first kappa shape index (κ1) is 18.5. The highest BCUT2D eigenvalue weighted by atomic mass is 16.6. The number of esters is 1. The number of fused-ring (bicyclic) bond motifs is 13. The van der Waals surface area contributed by atoms with E-state index in [0.717, 1.165) is 49.2 Å². The molecule has 3 aliphatic rings. The molecule has 2 aromatic heterocycles. The molecule has 0 saturated carbocycles. The summed E-state index contributed by atoms with van der Waals surface area (Å²) in [5, 5.41) is 18.5. The molecule has 5 heterocycles. The van der Waals surface area contributed by atoms with Crippen LogP contribution >= 0.6 is 0 Å². The second-order valence-corrected chi connectivity index (χ2v) is 9.32. The van der Waals surface area contributed by atoms with Crippen molar-refractivity contribution in [2.75, 3.05) is 7.11 Å². The number of aromatic nitrogens is 2. The van der Waals surface area contributed by atoms with Crippen molar-refractivity contribution in [3.63, 3.8) is 0 Å². The van der Waals surface area contributed by atoms with Crippen LogP contribution in [0.1, 0.15) is 34.8 Å². The quantitative estimate of drug-likeness (QED) is 0.379. The SMILES string of the molecule is COC(=O)[C@]1(O)C[C@@H]2O[C@H]1n1c3ccccc3c3c4c(c5c6ccccc6n2c5c31)C(=O)NC4. The third-order valence-electron chi connectivity index (χ3n) is 7.79. The van der Waals surface area contributed by atoms with Gasteiger partial charge >= 0.3 is 5.97 Å². The van der Waals surface area contributed by atoms with Crippen LogP contribution in [-0.4, -0.2) is 38.8 Å². The highest BCUT2D eigenvalue weighted by Crippen LogP contribution is 2.55. The van der Waals surface area contributed by atoms with Gasteiger partial charge in [0.15, 0.2) is 6.23 Å². The number of hydrogen-bond donors (Lipinski definition) is 2. The molecule has 0 aliphatic carbocycles. The highest BCUT2D eigenvalue weighted by molar-refractivity contribution is 6.31. The van der Waals surface area contributed by atoms with E-state index in [9.17, 15) is 14.7 Å². The normalized spacial score (nSPS) is 24.9. The molecular weight excluding hydrogens is 434 g/mol. The molecule has 3 aliphatic heterocycles. The van der Waals surface area contributed by atoms with Crippen LogP contribution in [0.15, 0.2) is 48.5 Å². The van der Waals surface area contributed by atoms with Gasteiger partial charge in [0.2, 0.25) is 5.60 Å². The predicted octanol–water partition coefficient (Wildman–Crippen LogP) is 3.48. The van der Waals surface area contributed by atoms with Crippen LogP contribution in [0, 0.1) is 0 Å². The Kier molecular flexibility index (Phi) is 3.15. The van der Waals surface area contributed by atoms with Crippen molar-refractivity contribution in [2.24, 2.45) is 0 Å². The summed E-state index contributed by atoms with van der Waals surface area (Å²) in [7, 11) is 1.28. The lowest BCUT2D eigenvalue weighted by molar-refractivity contribution is -0.174. The Bertz CT molecular complexity index is 1780. The number of amides is 1. The molecule has 5 aromatic rings. The second kappa shape index (κ2) is 5.78. The number of rotatable bonds is 1. The van der Waals surface area contributed by atoms with Crippen molar-refractivity contribution >= 4 is 55.5 Å². The van der Waals surface area contributed by atoms with E-state index in [1.54, 1.807) is 0 Å². The van der Waals surface area contributed by atoms with E-state index in [1.165, 1.54) is 7.11 Å². The van der Waals surface area contributed by atoms with E-state index in [2.05, 4.69) is 9.88 Å². The Balaban J connectivity index is 1.71. The number of methoxy groups -OCH3 is 1. The van der Waals surface area contributed by atoms with Crippen LogP contribution in [0.2, 0.25) is 0 Å². The van der Waals surface area contributed by atoms with E-state index >= 15 is 0 Å². The van der Waals surface area contributed by atoms with Crippen molar-refractivity contribution < 1.29 is 24.2 Å². The van der Waals surface area contributed by atoms with Crippen LogP contribution in [0.5, 0.6) is 0 Å². The summed E-state index contributed by atoms with van der Waals surface area (Å²) in [6.45, 7) is 0.421. The van der Waals surface area contributed by atoms with Crippen LogP contribution in [-0.2, 0) is 20.8 Å². The van der Waals surface area contributed by atoms with Gasteiger partial charge in [-0.1, -0.05) is 36.4 Å². The van der Waals surface area contributed by atoms with Crippen LogP contribution in [0.4, 0.5) is 0 Å². The van der Waals surface area contributed by atoms with Crippen LogP contribution in [0.3, 0.4) is 0 Å². The number of nitrogens with zero attached hydrogens (tertiary/aromatic N) is 2. The molecule has 0 spiro atoms. The van der Waals surface area contributed by atoms with Gasteiger partial charge in [0.1, 0.15) is 6.23 Å². The topological polar surface area (TPSA) is 94.7 Å². The van der Waals surface area contributed by atoms with Crippen molar-refractivity contribution in [2.45, 2.75) is 31.0 Å². The zero-order valence-corrected chi connectivity index (χ0v) is 18.2. The van der Waals surface area contributed by atoms with Crippen molar-refractivity contribution in [1.82, 2.24) is 14.5 Å². The molecule has 3 atom stereocenters. The summed E-state index contributed by atoms with van der Waals surface area (Å²) in [6.07, 6.45) is -1.55. The molecule has 1 amide bonds. The lowest BCUT2D eigenvalue weighted by atomic mass is 9.95.